The third kappa shape index (κ3) is 4.11. The summed E-state index contributed by atoms with van der Waals surface area (Å²) in [6, 6.07) is 12.5. The van der Waals surface area contributed by atoms with E-state index >= 15 is 0 Å². The second-order valence-corrected chi connectivity index (χ2v) is 8.20. The zero-order chi connectivity index (χ0) is 20.3. The van der Waals surface area contributed by atoms with Crippen LogP contribution in [0, 0.1) is 11.3 Å². The van der Waals surface area contributed by atoms with Gasteiger partial charge in [-0.3, -0.25) is 4.79 Å². The van der Waals surface area contributed by atoms with E-state index in [1.54, 1.807) is 30.3 Å². The summed E-state index contributed by atoms with van der Waals surface area (Å²) in [6.07, 6.45) is 3.31. The largest absolute Gasteiger partial charge is 0.490 e. The van der Waals surface area contributed by atoms with Crippen molar-refractivity contribution in [2.75, 3.05) is 5.32 Å². The van der Waals surface area contributed by atoms with Crippen LogP contribution < -0.4 is 10.1 Å². The highest BCUT2D eigenvalue weighted by Crippen LogP contribution is 2.45. The van der Waals surface area contributed by atoms with Crippen molar-refractivity contribution in [3.63, 3.8) is 0 Å². The van der Waals surface area contributed by atoms with Crippen molar-refractivity contribution in [2.24, 2.45) is 0 Å². The third-order valence-corrected chi connectivity index (χ3v) is 5.61. The Bertz CT molecular complexity index is 929. The Labute approximate surface area is 175 Å². The molecule has 2 aromatic carbocycles. The van der Waals surface area contributed by atoms with Gasteiger partial charge in [-0.25, -0.2) is 0 Å². The van der Waals surface area contributed by atoms with Gasteiger partial charge in [0.25, 0.3) is 0 Å². The van der Waals surface area contributed by atoms with E-state index in [9.17, 15) is 10.1 Å². The van der Waals surface area contributed by atoms with Crippen LogP contribution in [0.5, 0.6) is 5.75 Å². The fraction of sp³-hybridized carbons (Fsp3) is 0.364. The summed E-state index contributed by atoms with van der Waals surface area (Å²) in [5.41, 5.74) is 1.06. The molecular weight excluding hydrogens is 395 g/mol. The maximum absolute atomic E-state index is 13.3. The number of carbonyl (C=O) groups is 1. The number of nitrogens with zero attached hydrogens (tertiary/aromatic N) is 1. The molecule has 146 valence electrons. The summed E-state index contributed by atoms with van der Waals surface area (Å²) < 4.78 is 5.65. The normalized spacial score (nSPS) is 15.3. The van der Waals surface area contributed by atoms with Gasteiger partial charge in [-0.1, -0.05) is 42.1 Å². The number of halogens is 2. The van der Waals surface area contributed by atoms with Gasteiger partial charge in [0, 0.05) is 15.7 Å². The van der Waals surface area contributed by atoms with Crippen LogP contribution in [0.1, 0.15) is 50.7 Å². The Hall–Kier alpha value is -2.22. The minimum absolute atomic E-state index is 0.0404. The highest BCUT2D eigenvalue weighted by Gasteiger charge is 2.44. The Morgan fingerprint density at radius 3 is 2.50 bits per heavy atom. The molecule has 3 rings (SSSR count). The lowest BCUT2D eigenvalue weighted by Gasteiger charge is -2.29. The monoisotopic (exact) mass is 416 g/mol. The second kappa shape index (κ2) is 8.43. The van der Waals surface area contributed by atoms with Gasteiger partial charge >= 0.3 is 0 Å². The molecule has 0 aromatic heterocycles. The summed E-state index contributed by atoms with van der Waals surface area (Å²) in [5, 5.41) is 13.4. The van der Waals surface area contributed by atoms with Crippen molar-refractivity contribution in [2.45, 2.75) is 51.0 Å². The number of ether oxygens (including phenoxy) is 1. The molecule has 1 N–H and O–H groups in total. The van der Waals surface area contributed by atoms with Crippen LogP contribution in [0.3, 0.4) is 0 Å². The second-order valence-electron chi connectivity index (χ2n) is 7.36. The summed E-state index contributed by atoms with van der Waals surface area (Å²) in [4.78, 5) is 13.3. The summed E-state index contributed by atoms with van der Waals surface area (Å²) in [6.45, 7) is 3.80. The van der Waals surface area contributed by atoms with Crippen molar-refractivity contribution in [1.82, 2.24) is 0 Å². The fourth-order valence-electron chi connectivity index (χ4n) is 3.78. The highest BCUT2D eigenvalue weighted by atomic mass is 35.5. The first-order valence-corrected chi connectivity index (χ1v) is 10.1. The molecule has 0 radical (unpaired) electrons. The molecule has 1 amide bonds. The number of amides is 1. The fourth-order valence-corrected chi connectivity index (χ4v) is 4.37. The van der Waals surface area contributed by atoms with Crippen molar-refractivity contribution in [1.29, 1.82) is 5.26 Å². The van der Waals surface area contributed by atoms with Gasteiger partial charge in [-0.05, 0) is 62.6 Å². The highest BCUT2D eigenvalue weighted by molar-refractivity contribution is 6.35. The van der Waals surface area contributed by atoms with E-state index in [1.807, 2.05) is 19.9 Å². The predicted octanol–water partition coefficient (Wildman–Crippen LogP) is 6.10. The average molecular weight is 417 g/mol. The number of nitrogens with one attached hydrogen (secondary N) is 1. The lowest BCUT2D eigenvalue weighted by molar-refractivity contribution is -0.121. The third-order valence-electron chi connectivity index (χ3n) is 5.06. The molecule has 0 spiro atoms. The lowest BCUT2D eigenvalue weighted by Crippen LogP contribution is -2.38. The van der Waals surface area contributed by atoms with Gasteiger partial charge < -0.3 is 10.1 Å². The number of anilines is 1. The minimum atomic E-state index is -0.693. The molecule has 1 saturated carbocycles. The molecule has 0 atom stereocenters. The van der Waals surface area contributed by atoms with E-state index < -0.39 is 5.41 Å². The molecule has 4 nitrogen and oxygen atoms in total. The lowest BCUT2D eigenvalue weighted by atomic mass is 9.78. The first kappa shape index (κ1) is 20.5. The number of hydrogen-bond donors (Lipinski definition) is 1. The van der Waals surface area contributed by atoms with E-state index in [2.05, 4.69) is 11.4 Å². The van der Waals surface area contributed by atoms with Crippen LogP contribution in [0.4, 0.5) is 5.69 Å². The first-order valence-electron chi connectivity index (χ1n) is 9.33. The molecule has 6 heteroatoms. The summed E-state index contributed by atoms with van der Waals surface area (Å²) in [7, 11) is 0. The van der Waals surface area contributed by atoms with E-state index in [0.29, 0.717) is 27.0 Å². The zero-order valence-corrected chi connectivity index (χ0v) is 17.4. The Kier molecular flexibility index (Phi) is 6.17. The Balaban J connectivity index is 1.91. The standard InChI is InChI=1S/C22H22Cl2N2O2/c1-14(2)28-20-8-6-17(11-15(20)13-25)26-21(27)22(9-3-4-10-22)18-7-5-16(23)12-19(18)24/h5-8,11-12,14H,3-4,9-10H2,1-2H3,(H,26,27). The number of benzene rings is 2. The molecule has 1 fully saturated rings. The quantitative estimate of drug-likeness (QED) is 0.639. The van der Waals surface area contributed by atoms with Gasteiger partial charge in [-0.15, -0.1) is 0 Å². The summed E-state index contributed by atoms with van der Waals surface area (Å²) >= 11 is 12.5. The SMILES string of the molecule is CC(C)Oc1ccc(NC(=O)C2(c3ccc(Cl)cc3Cl)CCCC2)cc1C#N. The van der Waals surface area contributed by atoms with Gasteiger partial charge in [0.2, 0.25) is 5.91 Å². The predicted molar refractivity (Wildman–Crippen MR) is 112 cm³/mol. The topological polar surface area (TPSA) is 62.1 Å². The zero-order valence-electron chi connectivity index (χ0n) is 15.9. The maximum Gasteiger partial charge on any atom is 0.235 e. The smallest absolute Gasteiger partial charge is 0.235 e. The van der Waals surface area contributed by atoms with Gasteiger partial charge in [0.1, 0.15) is 11.8 Å². The van der Waals surface area contributed by atoms with Crippen molar-refractivity contribution < 1.29 is 9.53 Å². The van der Waals surface area contributed by atoms with Crippen molar-refractivity contribution in [3.05, 3.63) is 57.6 Å². The number of hydrogen-bond acceptors (Lipinski definition) is 3. The molecule has 28 heavy (non-hydrogen) atoms. The van der Waals surface area contributed by atoms with E-state index in [4.69, 9.17) is 27.9 Å². The number of rotatable bonds is 5. The molecule has 0 unspecified atom stereocenters. The van der Waals surface area contributed by atoms with Crippen LogP contribution in [0.15, 0.2) is 36.4 Å². The maximum atomic E-state index is 13.3. The van der Waals surface area contributed by atoms with Crippen LogP contribution in [-0.4, -0.2) is 12.0 Å². The first-order chi connectivity index (χ1) is 13.4. The summed E-state index contributed by atoms with van der Waals surface area (Å²) in [5.74, 6) is 0.391. The number of carbonyl (C=O) groups excluding carboxylic acids is 1. The molecule has 1 aliphatic rings. The van der Waals surface area contributed by atoms with Gasteiger partial charge in [-0.2, -0.15) is 5.26 Å². The van der Waals surface area contributed by atoms with Crippen LogP contribution in [0.2, 0.25) is 10.0 Å². The van der Waals surface area contributed by atoms with Gasteiger partial charge in [0.15, 0.2) is 0 Å². The molecule has 2 aromatic rings. The molecule has 0 aliphatic heterocycles. The molecule has 0 bridgehead atoms. The molecular formula is C22H22Cl2N2O2. The molecule has 0 heterocycles. The van der Waals surface area contributed by atoms with E-state index in [0.717, 1.165) is 31.2 Å². The molecule has 0 saturated heterocycles. The van der Waals surface area contributed by atoms with Gasteiger partial charge in [0.05, 0.1) is 17.1 Å². The average Bonchev–Trinajstić information content (AvgIpc) is 3.13. The van der Waals surface area contributed by atoms with Crippen molar-refractivity contribution >= 4 is 34.8 Å². The molecule has 1 aliphatic carbocycles. The Morgan fingerprint density at radius 1 is 1.18 bits per heavy atom. The van der Waals surface area contributed by atoms with E-state index in [-0.39, 0.29) is 12.0 Å². The van der Waals surface area contributed by atoms with Crippen LogP contribution in [-0.2, 0) is 10.2 Å². The van der Waals surface area contributed by atoms with E-state index in [1.165, 1.54) is 0 Å². The number of nitriles is 1. The Morgan fingerprint density at radius 2 is 1.89 bits per heavy atom. The van der Waals surface area contributed by atoms with Crippen molar-refractivity contribution in [3.8, 4) is 11.8 Å². The van der Waals surface area contributed by atoms with Crippen LogP contribution >= 0.6 is 23.2 Å². The van der Waals surface area contributed by atoms with Crippen LogP contribution in [0.25, 0.3) is 0 Å². The minimum Gasteiger partial charge on any atom is -0.490 e.